The van der Waals surface area contributed by atoms with Crippen LogP contribution < -0.4 is 22.9 Å². The van der Waals surface area contributed by atoms with Gasteiger partial charge in [-0.05, 0) is 43.5 Å². The zero-order valence-corrected chi connectivity index (χ0v) is 18.5. The monoisotopic (exact) mass is 461 g/mol. The molecular weight excluding hydrogens is 431 g/mol. The van der Waals surface area contributed by atoms with E-state index in [1.54, 1.807) is 35.4 Å². The SMILES string of the molecule is CC(/C(C(N)=O)=C(\N)N1CCCCCC1)=C(/N)C(F)(F)F.CS(=O)c1cccc(N)c1. The molecule has 0 radical (unpaired) electrons. The minimum Gasteiger partial charge on any atom is -0.399 e. The number of carbonyl (C=O) groups is 1. The highest BCUT2D eigenvalue weighted by molar-refractivity contribution is 7.84. The normalized spacial score (nSPS) is 17.4. The second-order valence-electron chi connectivity index (χ2n) is 7.09. The Hall–Kier alpha value is -2.69. The van der Waals surface area contributed by atoms with Crippen LogP contribution in [0.25, 0.3) is 0 Å². The van der Waals surface area contributed by atoms with Gasteiger partial charge in [0.05, 0.1) is 5.57 Å². The van der Waals surface area contributed by atoms with Gasteiger partial charge in [-0.3, -0.25) is 9.00 Å². The van der Waals surface area contributed by atoms with Gasteiger partial charge < -0.3 is 27.8 Å². The fourth-order valence-electron chi connectivity index (χ4n) is 3.01. The number of nitrogen functional groups attached to an aromatic ring is 1. The van der Waals surface area contributed by atoms with Crippen molar-refractivity contribution in [3.8, 4) is 0 Å². The van der Waals surface area contributed by atoms with Crippen molar-refractivity contribution in [3.63, 3.8) is 0 Å². The summed E-state index contributed by atoms with van der Waals surface area (Å²) in [6, 6.07) is 7.09. The Balaban J connectivity index is 0.000000399. The van der Waals surface area contributed by atoms with E-state index in [1.165, 1.54) is 0 Å². The maximum atomic E-state index is 12.7. The van der Waals surface area contributed by atoms with Crippen molar-refractivity contribution in [1.29, 1.82) is 0 Å². The second kappa shape index (κ2) is 11.6. The molecule has 1 fully saturated rings. The standard InChI is InChI=1S/C13H21F3N4O.C7H9NOS/c1-8(10(17)13(14,15)16)9(12(19)21)11(18)20-6-4-2-3-5-7-20;1-10(9)7-4-2-3-6(8)5-7/h2-7,17-18H2,1H3,(H2,19,21);2-5H,8H2,1H3/b10-8-,11-9-;. The van der Waals surface area contributed by atoms with E-state index in [4.69, 9.17) is 22.9 Å². The van der Waals surface area contributed by atoms with Gasteiger partial charge in [-0.15, -0.1) is 0 Å². The third kappa shape index (κ3) is 8.16. The fourth-order valence-corrected chi connectivity index (χ4v) is 3.59. The lowest BCUT2D eigenvalue weighted by Gasteiger charge is -2.25. The number of amides is 1. The summed E-state index contributed by atoms with van der Waals surface area (Å²) < 4.78 is 48.9. The first-order valence-corrected chi connectivity index (χ1v) is 11.2. The summed E-state index contributed by atoms with van der Waals surface area (Å²) in [4.78, 5) is 14.0. The molecule has 1 atom stereocenters. The Morgan fingerprint density at radius 3 is 2.00 bits per heavy atom. The molecule has 8 N–H and O–H groups in total. The van der Waals surface area contributed by atoms with Gasteiger partial charge in [0.25, 0.3) is 5.91 Å². The quantitative estimate of drug-likeness (QED) is 0.308. The van der Waals surface area contributed by atoms with Crippen LogP contribution in [0.1, 0.15) is 32.6 Å². The third-order valence-electron chi connectivity index (χ3n) is 4.72. The van der Waals surface area contributed by atoms with Gasteiger partial charge in [0.2, 0.25) is 0 Å². The van der Waals surface area contributed by atoms with Crippen molar-refractivity contribution in [2.45, 2.75) is 43.7 Å². The van der Waals surface area contributed by atoms with Crippen molar-refractivity contribution >= 4 is 22.4 Å². The van der Waals surface area contributed by atoms with Crippen LogP contribution in [0.5, 0.6) is 0 Å². The summed E-state index contributed by atoms with van der Waals surface area (Å²) in [5.41, 5.74) is 20.1. The van der Waals surface area contributed by atoms with Gasteiger partial charge in [-0.25, -0.2) is 0 Å². The second-order valence-corrected chi connectivity index (χ2v) is 8.47. The van der Waals surface area contributed by atoms with Crippen LogP contribution in [0.3, 0.4) is 0 Å². The first-order chi connectivity index (χ1) is 14.4. The summed E-state index contributed by atoms with van der Waals surface area (Å²) >= 11 is 0. The molecule has 1 amide bonds. The molecule has 0 aromatic heterocycles. The highest BCUT2D eigenvalue weighted by Crippen LogP contribution is 2.28. The van der Waals surface area contributed by atoms with E-state index in [1.807, 2.05) is 0 Å². The van der Waals surface area contributed by atoms with Crippen LogP contribution in [-0.4, -0.2) is 40.5 Å². The predicted molar refractivity (Wildman–Crippen MR) is 117 cm³/mol. The van der Waals surface area contributed by atoms with Gasteiger partial charge in [-0.2, -0.15) is 13.2 Å². The smallest absolute Gasteiger partial charge is 0.399 e. The third-order valence-corrected chi connectivity index (χ3v) is 5.64. The van der Waals surface area contributed by atoms with Crippen molar-refractivity contribution in [2.24, 2.45) is 17.2 Å². The number of allylic oxidation sites excluding steroid dienone is 1. The lowest BCUT2D eigenvalue weighted by atomic mass is 10.0. The number of likely N-dealkylation sites (tertiary alicyclic amines) is 1. The molecule has 2 rings (SSSR count). The zero-order chi connectivity index (χ0) is 23.8. The van der Waals surface area contributed by atoms with Gasteiger partial charge in [0.15, 0.2) is 0 Å². The lowest BCUT2D eigenvalue weighted by Crippen LogP contribution is -2.34. The van der Waals surface area contributed by atoms with Crippen LogP contribution in [0.15, 0.2) is 51.8 Å². The first kappa shape index (κ1) is 26.3. The van der Waals surface area contributed by atoms with Crippen LogP contribution >= 0.6 is 0 Å². The molecule has 0 aliphatic carbocycles. The van der Waals surface area contributed by atoms with E-state index in [2.05, 4.69) is 0 Å². The number of anilines is 1. The van der Waals surface area contributed by atoms with E-state index < -0.39 is 34.2 Å². The number of halogens is 3. The molecular formula is C20H30F3N5O2S. The molecule has 174 valence electrons. The summed E-state index contributed by atoms with van der Waals surface area (Å²) in [5, 5.41) is 0. The molecule has 1 aromatic rings. The van der Waals surface area contributed by atoms with Gasteiger partial charge in [-0.1, -0.05) is 18.9 Å². The lowest BCUT2D eigenvalue weighted by molar-refractivity contribution is -0.114. The summed E-state index contributed by atoms with van der Waals surface area (Å²) in [6.45, 7) is 2.28. The summed E-state index contributed by atoms with van der Waals surface area (Å²) in [7, 11) is -0.919. The van der Waals surface area contributed by atoms with E-state index in [0.29, 0.717) is 18.8 Å². The number of rotatable bonds is 4. The summed E-state index contributed by atoms with van der Waals surface area (Å²) in [6.07, 6.45) is 0.678. The molecule has 0 bridgehead atoms. The average molecular weight is 462 g/mol. The average Bonchev–Trinajstić information content (AvgIpc) is 2.96. The largest absolute Gasteiger partial charge is 0.430 e. The van der Waals surface area contributed by atoms with Gasteiger partial charge in [0.1, 0.15) is 11.5 Å². The Bertz CT molecular complexity index is 861. The number of benzene rings is 1. The Morgan fingerprint density at radius 1 is 1.06 bits per heavy atom. The first-order valence-electron chi connectivity index (χ1n) is 9.63. The van der Waals surface area contributed by atoms with Crippen LogP contribution in [0.2, 0.25) is 0 Å². The van der Waals surface area contributed by atoms with Gasteiger partial charge in [0, 0.05) is 40.7 Å². The molecule has 0 spiro atoms. The highest BCUT2D eigenvalue weighted by Gasteiger charge is 2.35. The minimum atomic E-state index is -4.73. The van der Waals surface area contributed by atoms with Crippen LogP contribution in [-0.2, 0) is 15.6 Å². The number of carbonyl (C=O) groups excluding carboxylic acids is 1. The number of primary amides is 1. The number of alkyl halides is 3. The van der Waals surface area contributed by atoms with Crippen LogP contribution in [0, 0.1) is 0 Å². The molecule has 1 aliphatic rings. The van der Waals surface area contributed by atoms with Crippen molar-refractivity contribution in [1.82, 2.24) is 4.90 Å². The fraction of sp³-hybridized carbons (Fsp3) is 0.450. The minimum absolute atomic E-state index is 0.0332. The molecule has 1 unspecified atom stereocenters. The summed E-state index contributed by atoms with van der Waals surface area (Å²) in [5.74, 6) is -1.05. The van der Waals surface area contributed by atoms with Crippen molar-refractivity contribution in [2.75, 3.05) is 25.1 Å². The van der Waals surface area contributed by atoms with Gasteiger partial charge >= 0.3 is 6.18 Å². The van der Waals surface area contributed by atoms with E-state index >= 15 is 0 Å². The molecule has 31 heavy (non-hydrogen) atoms. The molecule has 7 nitrogen and oxygen atoms in total. The number of nitrogens with two attached hydrogens (primary N) is 4. The maximum Gasteiger partial charge on any atom is 0.430 e. The highest BCUT2D eigenvalue weighted by atomic mass is 32.2. The number of hydrogen-bond donors (Lipinski definition) is 4. The molecule has 11 heteroatoms. The molecule has 1 aromatic carbocycles. The Kier molecular flexibility index (Phi) is 9.89. The molecule has 1 saturated heterocycles. The predicted octanol–water partition coefficient (Wildman–Crippen LogP) is 2.32. The van der Waals surface area contributed by atoms with Crippen molar-refractivity contribution in [3.05, 3.63) is 46.9 Å². The van der Waals surface area contributed by atoms with Crippen LogP contribution in [0.4, 0.5) is 18.9 Å². The molecule has 0 saturated carbocycles. The molecule has 1 heterocycles. The number of hydrogen-bond acceptors (Lipinski definition) is 6. The van der Waals surface area contributed by atoms with E-state index in [0.717, 1.165) is 37.5 Å². The van der Waals surface area contributed by atoms with E-state index in [9.17, 15) is 22.2 Å². The Labute approximate surface area is 182 Å². The van der Waals surface area contributed by atoms with Crippen molar-refractivity contribution < 1.29 is 22.2 Å². The Morgan fingerprint density at radius 2 is 1.61 bits per heavy atom. The number of nitrogens with zero attached hydrogens (tertiary/aromatic N) is 1. The van der Waals surface area contributed by atoms with E-state index in [-0.39, 0.29) is 11.4 Å². The molecule has 1 aliphatic heterocycles. The maximum absolute atomic E-state index is 12.7. The zero-order valence-electron chi connectivity index (χ0n) is 17.7. The topological polar surface area (TPSA) is 141 Å².